The SMILES string of the molecule is CC1Cc2cc(-c3ccc(N4C(=O)C5C(C4=O)C4(C)c6cc(OCCCCCCN=[N+]=[N-])c(OCCCCCCN=[N+]=[N-])cc6C5(C)c5cc(OCCCCCCN=[N+]=[N-])c(OCCCCCCN=[N+]=[N-])cc54)cc3)c3ccccc3c2C1=C1c2cc(F)ccc2-c2ccc(F)cc21. The lowest BCUT2D eigenvalue weighted by Crippen LogP contribution is -2.59. The van der Waals surface area contributed by atoms with Gasteiger partial charge in [-0.05, 0) is 241 Å². The van der Waals surface area contributed by atoms with Gasteiger partial charge in [0.15, 0.2) is 23.0 Å². The van der Waals surface area contributed by atoms with Crippen LogP contribution in [0.4, 0.5) is 14.5 Å². The molecule has 3 atom stereocenters. The minimum absolute atomic E-state index is 0.0160. The highest BCUT2D eigenvalue weighted by molar-refractivity contribution is 6.24. The molecule has 1 aliphatic heterocycles. The molecule has 13 rings (SSSR count). The molecular weight excluding hydrogens is 1240 g/mol. The number of amides is 2. The van der Waals surface area contributed by atoms with Gasteiger partial charge in [0.05, 0.1) is 44.0 Å². The molecule has 0 radical (unpaired) electrons. The van der Waals surface area contributed by atoms with Crippen molar-refractivity contribution in [2.45, 2.75) is 141 Å². The molecule has 0 aromatic heterocycles. The van der Waals surface area contributed by atoms with Crippen LogP contribution in [0.1, 0.15) is 168 Å². The van der Waals surface area contributed by atoms with E-state index in [2.05, 4.69) is 79.1 Å². The number of carbonyl (C=O) groups is 2. The second-order valence-corrected chi connectivity index (χ2v) is 26.8. The summed E-state index contributed by atoms with van der Waals surface area (Å²) in [5, 5.41) is 16.8. The Morgan fingerprint density at radius 2 is 0.837 bits per heavy atom. The van der Waals surface area contributed by atoms with Crippen LogP contribution in [-0.4, -0.2) is 64.4 Å². The molecule has 3 unspecified atom stereocenters. The fourth-order valence-electron chi connectivity index (χ4n) is 16.1. The van der Waals surface area contributed by atoms with E-state index in [1.807, 2.05) is 60.7 Å². The third-order valence-corrected chi connectivity index (χ3v) is 20.8. The molecule has 7 aromatic carbocycles. The lowest BCUT2D eigenvalue weighted by molar-refractivity contribution is -0.124. The Balaban J connectivity index is 0.924. The molecule has 0 saturated carbocycles. The van der Waals surface area contributed by atoms with Gasteiger partial charge >= 0.3 is 0 Å². The maximum atomic E-state index is 16.1. The number of fused-ring (bicyclic) bond motifs is 6. The predicted octanol–water partition coefficient (Wildman–Crippen LogP) is 20.7. The molecule has 6 aliphatic rings. The second kappa shape index (κ2) is 30.6. The van der Waals surface area contributed by atoms with Gasteiger partial charge in [-0.1, -0.05) is 141 Å². The Hall–Kier alpha value is -10.0. The summed E-state index contributed by atoms with van der Waals surface area (Å²) in [6.45, 7) is 9.54. The van der Waals surface area contributed by atoms with Crippen molar-refractivity contribution in [2.75, 3.05) is 57.5 Å². The quantitative estimate of drug-likeness (QED) is 0.0124. The van der Waals surface area contributed by atoms with Crippen LogP contribution in [0, 0.1) is 29.4 Å². The Bertz CT molecular complexity index is 4120. The minimum atomic E-state index is -1.14. The molecule has 504 valence electrons. The first-order chi connectivity index (χ1) is 47.9. The summed E-state index contributed by atoms with van der Waals surface area (Å²) < 4.78 is 57.5. The normalized spacial score (nSPS) is 18.7. The van der Waals surface area contributed by atoms with E-state index >= 15 is 18.4 Å². The number of azide groups is 4. The molecule has 7 aromatic rings. The maximum absolute atomic E-state index is 16.1. The molecule has 1 saturated heterocycles. The highest BCUT2D eigenvalue weighted by atomic mass is 19.1. The number of imide groups is 1. The topological polar surface area (TPSA) is 269 Å². The molecule has 19 nitrogen and oxygen atoms in total. The van der Waals surface area contributed by atoms with Crippen LogP contribution in [-0.2, 0) is 26.8 Å². The molecule has 0 spiro atoms. The van der Waals surface area contributed by atoms with Crippen LogP contribution in [0.5, 0.6) is 23.0 Å². The van der Waals surface area contributed by atoms with Crippen LogP contribution in [0.15, 0.2) is 136 Å². The van der Waals surface area contributed by atoms with Gasteiger partial charge in [-0.3, -0.25) is 9.59 Å². The van der Waals surface area contributed by atoms with Gasteiger partial charge in [0.1, 0.15) is 11.6 Å². The number of rotatable bonds is 34. The standard InChI is InChI=1S/C77H81F2N13O6/c1-48-40-50-41-58(54-22-12-13-23-57(54)70(50)69(48)71-59-42-51(78)26-30-55(59)56-31-27-52(79)43-60(56)71)49-24-28-53(29-25-49)92-74(93)72-73(75(92)94)77(3)63-46-67(97-38-20-10-6-16-34-86-90-82)65(95-36-18-8-4-14-32-84-88-80)44-61(63)76(72,2)62-45-66(96-37-19-9-5-15-33-85-89-81)68(47-64(62)77)98-39-21-11-7-17-35-87-91-83/h12-13,22-31,41-48,72-73H,4-11,14-21,32-40H2,1-3H3. The molecule has 0 N–H and O–H groups in total. The predicted molar refractivity (Wildman–Crippen MR) is 377 cm³/mol. The van der Waals surface area contributed by atoms with Crippen molar-refractivity contribution in [3.63, 3.8) is 0 Å². The first-order valence-electron chi connectivity index (χ1n) is 34.7. The second-order valence-electron chi connectivity index (χ2n) is 26.8. The lowest BCUT2D eigenvalue weighted by atomic mass is 9.42. The smallest absolute Gasteiger partial charge is 0.238 e. The van der Waals surface area contributed by atoms with Crippen LogP contribution < -0.4 is 23.8 Å². The molecule has 1 fully saturated rings. The van der Waals surface area contributed by atoms with Crippen LogP contribution in [0.3, 0.4) is 0 Å². The number of hydrogen-bond donors (Lipinski definition) is 0. The number of carbonyl (C=O) groups excluding carboxylic acids is 2. The molecule has 98 heavy (non-hydrogen) atoms. The highest BCUT2D eigenvalue weighted by Crippen LogP contribution is 2.69. The van der Waals surface area contributed by atoms with Gasteiger partial charge in [-0.2, -0.15) is 0 Å². The van der Waals surface area contributed by atoms with E-state index < -0.39 is 22.7 Å². The zero-order valence-electron chi connectivity index (χ0n) is 55.9. The first-order valence-corrected chi connectivity index (χ1v) is 34.7. The van der Waals surface area contributed by atoms with Crippen molar-refractivity contribution < 1.29 is 37.3 Å². The van der Waals surface area contributed by atoms with Gasteiger partial charge in [-0.25, -0.2) is 13.7 Å². The summed E-state index contributed by atoms with van der Waals surface area (Å²) in [7, 11) is 0. The molecule has 5 aliphatic carbocycles. The van der Waals surface area contributed by atoms with Crippen molar-refractivity contribution in [1.82, 2.24) is 0 Å². The van der Waals surface area contributed by atoms with Crippen molar-refractivity contribution >= 4 is 39.4 Å². The van der Waals surface area contributed by atoms with Crippen molar-refractivity contribution in [1.29, 1.82) is 0 Å². The van der Waals surface area contributed by atoms with Gasteiger partial charge in [0.25, 0.3) is 0 Å². The maximum Gasteiger partial charge on any atom is 0.238 e. The number of nitrogens with zero attached hydrogens (tertiary/aromatic N) is 13. The van der Waals surface area contributed by atoms with Gasteiger partial charge in [0.2, 0.25) is 11.8 Å². The van der Waals surface area contributed by atoms with Gasteiger partial charge < -0.3 is 18.9 Å². The van der Waals surface area contributed by atoms with E-state index in [-0.39, 0.29) is 29.4 Å². The van der Waals surface area contributed by atoms with Crippen LogP contribution >= 0.6 is 0 Å². The van der Waals surface area contributed by atoms with Gasteiger partial charge in [0, 0.05) is 56.7 Å². The summed E-state index contributed by atoms with van der Waals surface area (Å²) in [6.07, 6.45) is 13.5. The summed E-state index contributed by atoms with van der Waals surface area (Å²) in [6, 6.07) is 36.0. The van der Waals surface area contributed by atoms with E-state index in [0.29, 0.717) is 87.7 Å². The van der Waals surface area contributed by atoms with E-state index in [1.165, 1.54) is 17.0 Å². The summed E-state index contributed by atoms with van der Waals surface area (Å²) >= 11 is 0. The Kier molecular flexibility index (Phi) is 21.2. The molecule has 21 heteroatoms. The number of halogens is 2. The third kappa shape index (κ3) is 13.2. The van der Waals surface area contributed by atoms with Crippen molar-refractivity contribution in [3.8, 4) is 45.3 Å². The Morgan fingerprint density at radius 1 is 0.459 bits per heavy atom. The highest BCUT2D eigenvalue weighted by Gasteiger charge is 2.71. The van der Waals surface area contributed by atoms with E-state index in [9.17, 15) is 0 Å². The molecule has 1 heterocycles. The largest absolute Gasteiger partial charge is 0.490 e. The van der Waals surface area contributed by atoms with Crippen molar-refractivity contribution in [3.05, 3.63) is 213 Å². The third-order valence-electron chi connectivity index (χ3n) is 20.8. The average molecular weight is 1320 g/mol. The van der Waals surface area contributed by atoms with E-state index in [4.69, 9.17) is 41.1 Å². The van der Waals surface area contributed by atoms with Crippen LogP contribution in [0.25, 0.3) is 85.9 Å². The Labute approximate surface area is 569 Å². The molecular formula is C77H81F2N13O6. The zero-order valence-corrected chi connectivity index (χ0v) is 55.9. The summed E-state index contributed by atoms with van der Waals surface area (Å²) in [5.74, 6) is -0.985. The molecule has 2 amide bonds. The minimum Gasteiger partial charge on any atom is -0.490 e. The number of benzene rings is 7. The van der Waals surface area contributed by atoms with E-state index in [1.54, 1.807) is 24.3 Å². The number of anilines is 1. The lowest BCUT2D eigenvalue weighted by Gasteiger charge is -2.58. The average Bonchev–Trinajstić information content (AvgIpc) is 1.27. The van der Waals surface area contributed by atoms with Gasteiger partial charge in [-0.15, -0.1) is 0 Å². The summed E-state index contributed by atoms with van der Waals surface area (Å²) in [4.78, 5) is 45.2. The monoisotopic (exact) mass is 1320 g/mol. The fourth-order valence-corrected chi connectivity index (χ4v) is 16.1. The van der Waals surface area contributed by atoms with Crippen LogP contribution in [0.2, 0.25) is 0 Å². The summed E-state index contributed by atoms with van der Waals surface area (Å²) in [5.41, 5.74) is 46.1. The number of unbranched alkanes of at least 4 members (excludes halogenated alkanes) is 12. The van der Waals surface area contributed by atoms with E-state index in [0.717, 1.165) is 191 Å². The Morgan fingerprint density at radius 3 is 1.22 bits per heavy atom. The zero-order chi connectivity index (χ0) is 68.3. The number of ether oxygens (including phenoxy) is 4. The van der Waals surface area contributed by atoms with Crippen molar-refractivity contribution in [2.24, 2.45) is 38.2 Å². The first kappa shape index (κ1) is 67.9. The number of hydrogen-bond acceptors (Lipinski definition) is 10. The molecule has 2 bridgehead atoms. The number of allylic oxidation sites excluding steroid dienone is 1. The fraction of sp³-hybridized carbons (Fsp3) is 0.429.